The number of benzene rings is 2. The van der Waals surface area contributed by atoms with E-state index in [1.165, 1.54) is 0 Å². The number of fused-ring (bicyclic) bond motifs is 1. The second-order valence-electron chi connectivity index (χ2n) is 4.88. The van der Waals surface area contributed by atoms with Crippen molar-refractivity contribution >= 4 is 38.2 Å². The molecule has 6 nitrogen and oxygen atoms in total. The van der Waals surface area contributed by atoms with Crippen molar-refractivity contribution in [1.29, 1.82) is 0 Å². The smallest absolute Gasteiger partial charge is 0.147 e. The van der Waals surface area contributed by atoms with Gasteiger partial charge in [0.15, 0.2) is 0 Å². The van der Waals surface area contributed by atoms with Crippen molar-refractivity contribution in [3.05, 3.63) is 40.9 Å². The Kier molecular flexibility index (Phi) is 2.44. The number of hydrogen-bond donors (Lipinski definition) is 3. The molecule has 0 aliphatic carbocycles. The lowest BCUT2D eigenvalue weighted by Crippen LogP contribution is -2.72. The van der Waals surface area contributed by atoms with Crippen LogP contribution in [0.15, 0.2) is 46.0 Å². The highest BCUT2D eigenvalue weighted by Gasteiger charge is 2.53. The molecule has 0 saturated carbocycles. The molecule has 1 saturated heterocycles. The fraction of sp³-hybridized carbons (Fsp3) is 0.154. The van der Waals surface area contributed by atoms with Gasteiger partial charge < -0.3 is 11.5 Å². The Morgan fingerprint density at radius 3 is 2.55 bits per heavy atom. The summed E-state index contributed by atoms with van der Waals surface area (Å²) in [5.41, 5.74) is 16.1. The van der Waals surface area contributed by atoms with Gasteiger partial charge in [-0.05, 0) is 17.5 Å². The van der Waals surface area contributed by atoms with E-state index in [1.807, 2.05) is 29.4 Å². The van der Waals surface area contributed by atoms with E-state index in [0.717, 1.165) is 20.9 Å². The zero-order valence-electron chi connectivity index (χ0n) is 10.5. The van der Waals surface area contributed by atoms with Crippen LogP contribution in [-0.2, 0) is 0 Å². The molecule has 1 fully saturated rings. The Hall–Kier alpha value is -1.83. The number of nitrogens with two attached hydrogens (primary N) is 2. The van der Waals surface area contributed by atoms with Crippen LogP contribution in [0.1, 0.15) is 0 Å². The van der Waals surface area contributed by atoms with Crippen molar-refractivity contribution in [1.82, 2.24) is 10.2 Å². The zero-order valence-corrected chi connectivity index (χ0v) is 12.1. The van der Waals surface area contributed by atoms with Crippen molar-refractivity contribution in [3.8, 4) is 0 Å². The van der Waals surface area contributed by atoms with E-state index in [1.54, 1.807) is 5.12 Å². The first-order chi connectivity index (χ1) is 9.66. The molecule has 3 aliphatic rings. The fourth-order valence-corrected chi connectivity index (χ4v) is 3.15. The van der Waals surface area contributed by atoms with E-state index >= 15 is 0 Å². The van der Waals surface area contributed by atoms with Crippen molar-refractivity contribution in [3.63, 3.8) is 0 Å². The van der Waals surface area contributed by atoms with Gasteiger partial charge in [0.2, 0.25) is 0 Å². The molecule has 0 spiro atoms. The highest BCUT2D eigenvalue weighted by Crippen LogP contribution is 2.34. The minimum absolute atomic E-state index is 0.0718. The van der Waals surface area contributed by atoms with Gasteiger partial charge in [0.1, 0.15) is 18.0 Å². The Morgan fingerprint density at radius 2 is 1.90 bits per heavy atom. The maximum absolute atomic E-state index is 5.94. The lowest BCUT2D eigenvalue weighted by Gasteiger charge is -2.46. The van der Waals surface area contributed by atoms with E-state index in [-0.39, 0.29) is 12.2 Å². The molecule has 3 heterocycles. The number of hydrazone groups is 1. The van der Waals surface area contributed by atoms with Gasteiger partial charge in [-0.2, -0.15) is 5.12 Å². The van der Waals surface area contributed by atoms with Gasteiger partial charge in [0.25, 0.3) is 0 Å². The van der Waals surface area contributed by atoms with E-state index in [9.17, 15) is 0 Å². The largest absolute Gasteiger partial charge is 0.384 e. The average Bonchev–Trinajstić information content (AvgIpc) is 2.95. The van der Waals surface area contributed by atoms with E-state index < -0.39 is 0 Å². The maximum Gasteiger partial charge on any atom is 0.147 e. The number of nitrogens with zero attached hydrogens (tertiary/aromatic N) is 3. The summed E-state index contributed by atoms with van der Waals surface area (Å²) in [4.78, 5) is 0. The van der Waals surface area contributed by atoms with Gasteiger partial charge in [-0.15, -0.1) is 10.2 Å². The van der Waals surface area contributed by atoms with Gasteiger partial charge in [-0.25, -0.2) is 0 Å². The van der Waals surface area contributed by atoms with Crippen LogP contribution >= 0.6 is 15.9 Å². The summed E-state index contributed by atoms with van der Waals surface area (Å²) in [6.45, 7) is 0. The Morgan fingerprint density at radius 1 is 1.15 bits per heavy atom. The molecule has 2 aromatic carbocycles. The predicted molar refractivity (Wildman–Crippen MR) is 82.3 cm³/mol. The third-order valence-corrected chi connectivity index (χ3v) is 4.39. The van der Waals surface area contributed by atoms with Gasteiger partial charge in [0.05, 0.1) is 5.69 Å². The molecular weight excluding hydrogens is 320 g/mol. The zero-order chi connectivity index (χ0) is 13.9. The van der Waals surface area contributed by atoms with Crippen LogP contribution in [0.2, 0.25) is 0 Å². The number of halogens is 1. The Bertz CT molecular complexity index is 730. The van der Waals surface area contributed by atoms with Gasteiger partial charge in [0, 0.05) is 9.86 Å². The summed E-state index contributed by atoms with van der Waals surface area (Å²) in [5, 5.41) is 9.97. The second-order valence-corrected chi connectivity index (χ2v) is 5.73. The predicted octanol–water partition coefficient (Wildman–Crippen LogP) is 1.40. The summed E-state index contributed by atoms with van der Waals surface area (Å²) in [6, 6.07) is 12.2. The normalized spacial score (nSPS) is 24.7. The molecular formula is C13H13BrN6. The summed E-state index contributed by atoms with van der Waals surface area (Å²) in [6.07, 6.45) is -0.163. The maximum atomic E-state index is 5.94. The molecule has 2 atom stereocenters. The van der Waals surface area contributed by atoms with Crippen molar-refractivity contribution in [2.24, 2.45) is 16.6 Å². The number of hydrazine groups is 2. The first kappa shape index (κ1) is 12.0. The van der Waals surface area contributed by atoms with Crippen LogP contribution in [0.4, 0.5) is 5.69 Å². The first-order valence-corrected chi connectivity index (χ1v) is 7.08. The van der Waals surface area contributed by atoms with Crippen molar-refractivity contribution < 1.29 is 0 Å². The number of anilines is 1. The number of rotatable bonds is 2. The quantitative estimate of drug-likeness (QED) is 0.774. The molecule has 3 aliphatic heterocycles. The summed E-state index contributed by atoms with van der Waals surface area (Å²) in [5.74, 6) is 0.548. The molecule has 5 rings (SSSR count). The lowest BCUT2D eigenvalue weighted by molar-refractivity contribution is -0.143. The number of hydrogen-bond acceptors (Lipinski definition) is 6. The number of amidine groups is 1. The van der Waals surface area contributed by atoms with E-state index in [2.05, 4.69) is 38.6 Å². The van der Waals surface area contributed by atoms with Crippen molar-refractivity contribution in [2.45, 2.75) is 12.2 Å². The van der Waals surface area contributed by atoms with Crippen LogP contribution < -0.4 is 16.9 Å². The highest BCUT2D eigenvalue weighted by molar-refractivity contribution is 9.10. The number of nitrogens with one attached hydrogen (secondary N) is 1. The summed E-state index contributed by atoms with van der Waals surface area (Å²) in [7, 11) is 0. The molecule has 2 bridgehead atoms. The van der Waals surface area contributed by atoms with Crippen LogP contribution in [0.25, 0.3) is 10.8 Å². The summed E-state index contributed by atoms with van der Waals surface area (Å²) < 4.78 is 1.07. The third-order valence-electron chi connectivity index (χ3n) is 3.70. The second kappa shape index (κ2) is 4.08. The molecule has 0 radical (unpaired) electrons. The van der Waals surface area contributed by atoms with E-state index in [0.29, 0.717) is 5.84 Å². The molecule has 7 heteroatoms. The van der Waals surface area contributed by atoms with Crippen LogP contribution in [0.5, 0.6) is 0 Å². The molecule has 0 aromatic heterocycles. The van der Waals surface area contributed by atoms with Gasteiger partial charge in [-0.3, -0.25) is 5.43 Å². The van der Waals surface area contributed by atoms with Crippen LogP contribution in [-0.4, -0.2) is 28.3 Å². The van der Waals surface area contributed by atoms with Gasteiger partial charge in [-0.1, -0.05) is 40.2 Å². The topological polar surface area (TPSA) is 82.9 Å². The molecule has 20 heavy (non-hydrogen) atoms. The third kappa shape index (κ3) is 1.48. The van der Waals surface area contributed by atoms with Crippen LogP contribution in [0.3, 0.4) is 0 Å². The lowest BCUT2D eigenvalue weighted by atomic mass is 10.1. The standard InChI is InChI=1S/C13H13BrN6/c14-9-5-6-10(8-4-2-1-3-7(8)9)17-19-11-12(15)18-20(19)13(11)16/h1-6,11,13,17H,16H2,(H2,15,18). The molecule has 2 unspecified atom stereocenters. The van der Waals surface area contributed by atoms with E-state index in [4.69, 9.17) is 11.5 Å². The fourth-order valence-electron chi connectivity index (χ4n) is 2.67. The average molecular weight is 333 g/mol. The minimum Gasteiger partial charge on any atom is -0.384 e. The Labute approximate surface area is 124 Å². The SMILES string of the molecule is NC1=NN2C(N)C1N2Nc1ccc(Br)c2ccccc12. The highest BCUT2D eigenvalue weighted by atomic mass is 79.9. The monoisotopic (exact) mass is 332 g/mol. The van der Waals surface area contributed by atoms with Gasteiger partial charge >= 0.3 is 0 Å². The molecule has 2 aromatic rings. The van der Waals surface area contributed by atoms with Crippen LogP contribution in [0, 0.1) is 0 Å². The Balaban J connectivity index is 1.70. The molecule has 0 amide bonds. The van der Waals surface area contributed by atoms with Crippen molar-refractivity contribution in [2.75, 3.05) is 5.43 Å². The molecule has 102 valence electrons. The molecule has 5 N–H and O–H groups in total. The minimum atomic E-state index is -0.163. The summed E-state index contributed by atoms with van der Waals surface area (Å²) >= 11 is 3.57. The first-order valence-electron chi connectivity index (χ1n) is 6.28.